The van der Waals surface area contributed by atoms with Crippen molar-refractivity contribution >= 4 is 11.6 Å². The Bertz CT molecular complexity index is 840. The molecule has 2 aromatic rings. The maximum atomic E-state index is 9.90. The van der Waals surface area contributed by atoms with E-state index in [0.29, 0.717) is 37.9 Å². The van der Waals surface area contributed by atoms with Crippen LogP contribution < -0.4 is 20.3 Å². The number of nitrogens with zero attached hydrogens (tertiary/aromatic N) is 3. The number of aromatic nitrogens is 2. The Kier molecular flexibility index (Phi) is 7.52. The average Bonchev–Trinajstić information content (AvgIpc) is 3.31. The van der Waals surface area contributed by atoms with Crippen LogP contribution in [0.25, 0.3) is 11.4 Å². The molecule has 0 amide bonds. The highest BCUT2D eigenvalue weighted by atomic mass is 16.5. The molecule has 9 nitrogen and oxygen atoms in total. The lowest BCUT2D eigenvalue weighted by molar-refractivity contribution is 0.108. The molecule has 2 atom stereocenters. The summed E-state index contributed by atoms with van der Waals surface area (Å²) in [6.07, 6.45) is 0.392. The molecule has 2 saturated heterocycles. The molecule has 1 aromatic carbocycles. The zero-order valence-corrected chi connectivity index (χ0v) is 17.9. The van der Waals surface area contributed by atoms with E-state index < -0.39 is 6.10 Å². The molecule has 0 saturated carbocycles. The van der Waals surface area contributed by atoms with Gasteiger partial charge >= 0.3 is 0 Å². The van der Waals surface area contributed by atoms with Crippen molar-refractivity contribution in [1.29, 1.82) is 0 Å². The van der Waals surface area contributed by atoms with E-state index in [1.54, 1.807) is 7.05 Å². The van der Waals surface area contributed by atoms with Crippen LogP contribution in [0.5, 0.6) is 5.75 Å². The second-order valence-electron chi connectivity index (χ2n) is 7.79. The Morgan fingerprint density at radius 2 is 2.06 bits per heavy atom. The highest BCUT2D eigenvalue weighted by Crippen LogP contribution is 2.27. The smallest absolute Gasteiger partial charge is 0.163 e. The zero-order valence-electron chi connectivity index (χ0n) is 17.9. The van der Waals surface area contributed by atoms with E-state index in [-0.39, 0.29) is 12.6 Å². The van der Waals surface area contributed by atoms with Crippen molar-refractivity contribution in [2.24, 2.45) is 0 Å². The van der Waals surface area contributed by atoms with Gasteiger partial charge in [-0.05, 0) is 25.6 Å². The molecular formula is C22H31N5O4. The van der Waals surface area contributed by atoms with Crippen LogP contribution in [0.15, 0.2) is 30.3 Å². The Balaban J connectivity index is 1.57. The van der Waals surface area contributed by atoms with Crippen LogP contribution in [0.4, 0.5) is 11.6 Å². The van der Waals surface area contributed by atoms with Gasteiger partial charge in [0.15, 0.2) is 5.82 Å². The average molecular weight is 430 g/mol. The van der Waals surface area contributed by atoms with Gasteiger partial charge in [0.1, 0.15) is 30.1 Å². The Morgan fingerprint density at radius 1 is 1.19 bits per heavy atom. The van der Waals surface area contributed by atoms with Crippen LogP contribution in [0.3, 0.4) is 0 Å². The first kappa shape index (κ1) is 21.8. The van der Waals surface area contributed by atoms with Crippen molar-refractivity contribution in [3.8, 4) is 17.1 Å². The summed E-state index contributed by atoms with van der Waals surface area (Å²) in [5, 5.41) is 16.3. The van der Waals surface area contributed by atoms with Crippen LogP contribution in [-0.2, 0) is 9.47 Å². The first-order chi connectivity index (χ1) is 15.2. The van der Waals surface area contributed by atoms with Gasteiger partial charge in [0.2, 0.25) is 0 Å². The van der Waals surface area contributed by atoms with Gasteiger partial charge in [-0.2, -0.15) is 0 Å². The molecule has 2 fully saturated rings. The standard InChI is InChI=1S/C22H31N5O4/c1-23-13-18(28)15-31-19-4-2-3-16(11-19)22-25-20(24-17-5-8-30-14-17)12-21(26-22)27-6-9-29-10-7-27/h2-4,11-12,17-18,23,28H,5-10,13-15H2,1H3,(H,24,25,26). The minimum atomic E-state index is -0.570. The summed E-state index contributed by atoms with van der Waals surface area (Å²) in [6.45, 7) is 5.13. The number of anilines is 2. The number of benzene rings is 1. The number of nitrogens with one attached hydrogen (secondary N) is 2. The molecule has 2 aliphatic heterocycles. The third kappa shape index (κ3) is 6.04. The fourth-order valence-electron chi connectivity index (χ4n) is 3.66. The highest BCUT2D eigenvalue weighted by molar-refractivity contribution is 5.63. The van der Waals surface area contributed by atoms with E-state index in [2.05, 4.69) is 15.5 Å². The van der Waals surface area contributed by atoms with E-state index >= 15 is 0 Å². The van der Waals surface area contributed by atoms with E-state index in [4.69, 9.17) is 24.2 Å². The minimum Gasteiger partial charge on any atom is -0.491 e. The van der Waals surface area contributed by atoms with Crippen LogP contribution in [0.2, 0.25) is 0 Å². The Labute approximate surface area is 182 Å². The molecule has 0 aliphatic carbocycles. The molecule has 168 valence electrons. The van der Waals surface area contributed by atoms with Crippen molar-refractivity contribution in [1.82, 2.24) is 15.3 Å². The van der Waals surface area contributed by atoms with E-state index in [0.717, 1.165) is 43.3 Å². The lowest BCUT2D eigenvalue weighted by Gasteiger charge is -2.28. The summed E-state index contributed by atoms with van der Waals surface area (Å²) in [4.78, 5) is 11.8. The number of rotatable bonds is 9. The highest BCUT2D eigenvalue weighted by Gasteiger charge is 2.20. The van der Waals surface area contributed by atoms with Crippen LogP contribution in [0, 0.1) is 0 Å². The van der Waals surface area contributed by atoms with Gasteiger partial charge in [-0.25, -0.2) is 9.97 Å². The molecular weight excluding hydrogens is 398 g/mol. The molecule has 0 bridgehead atoms. The summed E-state index contributed by atoms with van der Waals surface area (Å²) < 4.78 is 16.8. The Morgan fingerprint density at radius 3 is 2.84 bits per heavy atom. The molecule has 0 radical (unpaired) electrons. The monoisotopic (exact) mass is 429 g/mol. The first-order valence-corrected chi connectivity index (χ1v) is 10.8. The number of ether oxygens (including phenoxy) is 3. The second-order valence-corrected chi connectivity index (χ2v) is 7.79. The molecule has 3 heterocycles. The minimum absolute atomic E-state index is 0.216. The lowest BCUT2D eigenvalue weighted by Crippen LogP contribution is -2.37. The summed E-state index contributed by atoms with van der Waals surface area (Å²) >= 11 is 0. The van der Waals surface area contributed by atoms with Crippen molar-refractivity contribution in [3.05, 3.63) is 30.3 Å². The van der Waals surface area contributed by atoms with Gasteiger partial charge in [0.05, 0.1) is 25.9 Å². The number of hydrogen-bond donors (Lipinski definition) is 3. The third-order valence-electron chi connectivity index (χ3n) is 5.30. The van der Waals surface area contributed by atoms with Crippen molar-refractivity contribution in [2.45, 2.75) is 18.6 Å². The van der Waals surface area contributed by atoms with E-state index in [1.165, 1.54) is 0 Å². The molecule has 3 N–H and O–H groups in total. The van der Waals surface area contributed by atoms with Crippen LogP contribution in [-0.4, -0.2) is 86.9 Å². The molecule has 2 unspecified atom stereocenters. The van der Waals surface area contributed by atoms with Gasteiger partial charge in [-0.15, -0.1) is 0 Å². The topological polar surface area (TPSA) is 101 Å². The SMILES string of the molecule is CNCC(O)COc1cccc(-c2nc(NC3CCOC3)cc(N3CCOCC3)n2)c1. The lowest BCUT2D eigenvalue weighted by atomic mass is 10.2. The quantitative estimate of drug-likeness (QED) is 0.542. The zero-order chi connectivity index (χ0) is 21.5. The van der Waals surface area contributed by atoms with E-state index in [1.807, 2.05) is 30.3 Å². The van der Waals surface area contributed by atoms with Crippen LogP contribution >= 0.6 is 0 Å². The summed E-state index contributed by atoms with van der Waals surface area (Å²) in [5.74, 6) is 2.97. The molecule has 9 heteroatoms. The number of morpholine rings is 1. The maximum Gasteiger partial charge on any atom is 0.163 e. The number of aliphatic hydroxyl groups is 1. The number of aliphatic hydroxyl groups excluding tert-OH is 1. The van der Waals surface area contributed by atoms with Crippen molar-refractivity contribution in [2.75, 3.05) is 69.9 Å². The normalized spacial score (nSPS) is 19.9. The molecule has 0 spiro atoms. The van der Waals surface area contributed by atoms with Crippen molar-refractivity contribution < 1.29 is 19.3 Å². The second kappa shape index (κ2) is 10.7. The first-order valence-electron chi connectivity index (χ1n) is 10.8. The molecule has 4 rings (SSSR count). The summed E-state index contributed by atoms with van der Waals surface area (Å²) in [5.41, 5.74) is 0.862. The van der Waals surface area contributed by atoms with Gasteiger partial charge in [-0.3, -0.25) is 0 Å². The van der Waals surface area contributed by atoms with Gasteiger partial charge in [0.25, 0.3) is 0 Å². The molecule has 1 aromatic heterocycles. The predicted octanol–water partition coefficient (Wildman–Crippen LogP) is 1.14. The van der Waals surface area contributed by atoms with E-state index in [9.17, 15) is 5.11 Å². The summed E-state index contributed by atoms with van der Waals surface area (Å²) in [7, 11) is 1.80. The number of likely N-dealkylation sites (N-methyl/N-ethyl adjacent to an activating group) is 1. The van der Waals surface area contributed by atoms with Crippen molar-refractivity contribution in [3.63, 3.8) is 0 Å². The van der Waals surface area contributed by atoms with Gasteiger partial charge in [0, 0.05) is 37.9 Å². The largest absolute Gasteiger partial charge is 0.491 e. The summed E-state index contributed by atoms with van der Waals surface area (Å²) in [6, 6.07) is 9.92. The fraction of sp³-hybridized carbons (Fsp3) is 0.545. The van der Waals surface area contributed by atoms with Crippen LogP contribution in [0.1, 0.15) is 6.42 Å². The maximum absolute atomic E-state index is 9.90. The van der Waals surface area contributed by atoms with Gasteiger partial charge in [-0.1, -0.05) is 12.1 Å². The Hall–Kier alpha value is -2.46. The fourth-order valence-corrected chi connectivity index (χ4v) is 3.66. The van der Waals surface area contributed by atoms with Gasteiger partial charge < -0.3 is 34.9 Å². The predicted molar refractivity (Wildman–Crippen MR) is 119 cm³/mol. The molecule has 2 aliphatic rings. The number of hydrogen-bond acceptors (Lipinski definition) is 9. The molecule has 31 heavy (non-hydrogen) atoms. The third-order valence-corrected chi connectivity index (χ3v) is 5.30.